The fraction of sp³-hybridized carbons (Fsp3) is 0.412. The predicted molar refractivity (Wildman–Crippen MR) is 94.4 cm³/mol. The Bertz CT molecular complexity index is 871. The molecule has 1 aromatic carbocycles. The molecule has 6 nitrogen and oxygen atoms in total. The number of ketones is 2. The van der Waals surface area contributed by atoms with Gasteiger partial charge >= 0.3 is 0 Å². The SMILES string of the molecule is CC1(O)Cc2c(O)c3c(c(O)c2CC1O)C(=O)C1=C(SCCS1)C3=O. The van der Waals surface area contributed by atoms with Crippen molar-refractivity contribution in [1.29, 1.82) is 0 Å². The average molecular weight is 380 g/mol. The topological polar surface area (TPSA) is 115 Å². The van der Waals surface area contributed by atoms with Crippen molar-refractivity contribution in [2.24, 2.45) is 0 Å². The number of hydrogen-bond acceptors (Lipinski definition) is 8. The van der Waals surface area contributed by atoms with Gasteiger partial charge in [-0.2, -0.15) is 0 Å². The number of fused-ring (bicyclic) bond motifs is 2. The number of carbonyl (C=O) groups is 2. The van der Waals surface area contributed by atoms with Gasteiger partial charge < -0.3 is 20.4 Å². The summed E-state index contributed by atoms with van der Waals surface area (Å²) >= 11 is 2.56. The van der Waals surface area contributed by atoms with Crippen LogP contribution >= 0.6 is 23.5 Å². The fourth-order valence-electron chi connectivity index (χ4n) is 3.55. The smallest absolute Gasteiger partial charge is 0.205 e. The van der Waals surface area contributed by atoms with Gasteiger partial charge in [-0.05, 0) is 6.92 Å². The number of thioether (sulfide) groups is 2. The minimum atomic E-state index is -1.49. The molecule has 2 unspecified atom stereocenters. The van der Waals surface area contributed by atoms with Gasteiger partial charge in [-0.3, -0.25) is 9.59 Å². The van der Waals surface area contributed by atoms with Crippen LogP contribution in [0.5, 0.6) is 11.5 Å². The zero-order valence-electron chi connectivity index (χ0n) is 13.3. The highest BCUT2D eigenvalue weighted by atomic mass is 32.2. The standard InChI is InChI=1S/C17H16O6S2/c1-17(23)5-7-6(4-8(17)18)11(19)9-10(12(7)20)14(22)16-15(13(9)21)24-2-3-25-16/h8,18-20,23H,2-5H2,1H3. The number of aromatic hydroxyl groups is 2. The molecule has 1 aliphatic heterocycles. The van der Waals surface area contributed by atoms with Gasteiger partial charge in [0, 0.05) is 35.5 Å². The second kappa shape index (κ2) is 5.51. The molecule has 0 radical (unpaired) electrons. The van der Waals surface area contributed by atoms with Gasteiger partial charge in [0.25, 0.3) is 0 Å². The normalized spacial score (nSPS) is 28.5. The number of benzene rings is 1. The van der Waals surface area contributed by atoms with Crippen LogP contribution in [-0.4, -0.2) is 55.2 Å². The van der Waals surface area contributed by atoms with E-state index < -0.39 is 23.3 Å². The van der Waals surface area contributed by atoms with Crippen molar-refractivity contribution in [2.75, 3.05) is 11.5 Å². The summed E-state index contributed by atoms with van der Waals surface area (Å²) in [6, 6.07) is 0. The largest absolute Gasteiger partial charge is 0.507 e. The Morgan fingerprint density at radius 3 is 1.96 bits per heavy atom. The van der Waals surface area contributed by atoms with Gasteiger partial charge in [0.05, 0.1) is 32.6 Å². The number of rotatable bonds is 0. The number of aliphatic hydroxyl groups excluding tert-OH is 1. The van der Waals surface area contributed by atoms with E-state index in [9.17, 15) is 30.0 Å². The Hall–Kier alpha value is -1.48. The lowest BCUT2D eigenvalue weighted by molar-refractivity contribution is -0.0668. The number of phenolic OH excluding ortho intramolecular Hbond substituents is 2. The maximum atomic E-state index is 12.9. The second-order valence-electron chi connectivity index (χ2n) is 6.67. The van der Waals surface area contributed by atoms with E-state index in [2.05, 4.69) is 0 Å². The van der Waals surface area contributed by atoms with Crippen molar-refractivity contribution in [1.82, 2.24) is 0 Å². The van der Waals surface area contributed by atoms with Crippen LogP contribution in [0.15, 0.2) is 9.81 Å². The van der Waals surface area contributed by atoms with Crippen molar-refractivity contribution in [3.63, 3.8) is 0 Å². The van der Waals surface area contributed by atoms with Crippen molar-refractivity contribution in [3.05, 3.63) is 32.1 Å². The summed E-state index contributed by atoms with van der Waals surface area (Å²) < 4.78 is 0. The molecule has 2 atom stereocenters. The third-order valence-electron chi connectivity index (χ3n) is 4.96. The molecule has 0 saturated carbocycles. The number of phenols is 2. The third-order valence-corrected chi connectivity index (χ3v) is 7.52. The summed E-state index contributed by atoms with van der Waals surface area (Å²) in [6.45, 7) is 1.43. The number of hydrogen-bond donors (Lipinski definition) is 4. The Morgan fingerprint density at radius 2 is 1.44 bits per heavy atom. The summed E-state index contributed by atoms with van der Waals surface area (Å²) in [5.74, 6) is -0.310. The molecule has 0 aromatic heterocycles. The van der Waals surface area contributed by atoms with Gasteiger partial charge in [-0.25, -0.2) is 0 Å². The van der Waals surface area contributed by atoms with Crippen molar-refractivity contribution in [2.45, 2.75) is 31.5 Å². The molecule has 4 N–H and O–H groups in total. The van der Waals surface area contributed by atoms with Gasteiger partial charge in [-0.15, -0.1) is 23.5 Å². The van der Waals surface area contributed by atoms with Gasteiger partial charge in [0.2, 0.25) is 11.6 Å². The maximum absolute atomic E-state index is 12.9. The molecule has 0 amide bonds. The van der Waals surface area contributed by atoms with Crippen LogP contribution in [0.2, 0.25) is 0 Å². The number of allylic oxidation sites excluding steroid dienone is 2. The van der Waals surface area contributed by atoms with Crippen molar-refractivity contribution in [3.8, 4) is 11.5 Å². The highest BCUT2D eigenvalue weighted by Gasteiger charge is 2.45. The Morgan fingerprint density at radius 1 is 0.960 bits per heavy atom. The van der Waals surface area contributed by atoms with Crippen LogP contribution in [-0.2, 0) is 12.8 Å². The molecule has 0 saturated heterocycles. The fourth-order valence-corrected chi connectivity index (χ4v) is 5.89. The highest BCUT2D eigenvalue weighted by molar-refractivity contribution is 8.11. The molecule has 0 spiro atoms. The van der Waals surface area contributed by atoms with Crippen LogP contribution in [0.3, 0.4) is 0 Å². The monoisotopic (exact) mass is 380 g/mol. The van der Waals surface area contributed by atoms with E-state index in [0.717, 1.165) is 0 Å². The number of Topliss-reactive ketones (excluding diaryl/α,β-unsaturated/α-hetero) is 2. The molecule has 2 aliphatic carbocycles. The van der Waals surface area contributed by atoms with Crippen LogP contribution in [0.4, 0.5) is 0 Å². The van der Waals surface area contributed by atoms with E-state index in [1.807, 2.05) is 0 Å². The van der Waals surface area contributed by atoms with Crippen LogP contribution in [0, 0.1) is 0 Å². The summed E-state index contributed by atoms with van der Waals surface area (Å²) in [5.41, 5.74) is -1.45. The molecule has 132 valence electrons. The second-order valence-corrected chi connectivity index (χ2v) is 8.88. The summed E-state index contributed by atoms with van der Waals surface area (Å²) in [4.78, 5) is 26.3. The number of aliphatic hydroxyl groups is 2. The highest BCUT2D eigenvalue weighted by Crippen LogP contribution is 2.50. The van der Waals surface area contributed by atoms with E-state index in [1.54, 1.807) is 0 Å². The molecule has 25 heavy (non-hydrogen) atoms. The Kier molecular flexibility index (Phi) is 3.74. The first-order valence-corrected chi connectivity index (χ1v) is 9.80. The molecule has 4 rings (SSSR count). The summed E-state index contributed by atoms with van der Waals surface area (Å²) in [7, 11) is 0. The third kappa shape index (κ3) is 2.28. The predicted octanol–water partition coefficient (Wildman–Crippen LogP) is 1.38. The molecule has 1 aromatic rings. The number of carbonyl (C=O) groups excluding carboxylic acids is 2. The van der Waals surface area contributed by atoms with Crippen molar-refractivity contribution >= 4 is 35.1 Å². The van der Waals surface area contributed by atoms with E-state index in [4.69, 9.17) is 0 Å². The Balaban J connectivity index is 1.99. The van der Waals surface area contributed by atoms with E-state index >= 15 is 0 Å². The molecule has 0 fully saturated rings. The quantitative estimate of drug-likeness (QED) is 0.499. The zero-order valence-corrected chi connectivity index (χ0v) is 15.0. The molecule has 0 bridgehead atoms. The lowest BCUT2D eigenvalue weighted by atomic mass is 9.75. The van der Waals surface area contributed by atoms with Crippen LogP contribution < -0.4 is 0 Å². The van der Waals surface area contributed by atoms with Crippen LogP contribution in [0.25, 0.3) is 0 Å². The van der Waals surface area contributed by atoms with Gasteiger partial charge in [-0.1, -0.05) is 0 Å². The lowest BCUT2D eigenvalue weighted by Gasteiger charge is -2.37. The molecule has 1 heterocycles. The average Bonchev–Trinajstić information content (AvgIpc) is 2.57. The Labute approximate surface area is 151 Å². The summed E-state index contributed by atoms with van der Waals surface area (Å²) in [6.07, 6.45) is -1.37. The minimum Gasteiger partial charge on any atom is -0.507 e. The van der Waals surface area contributed by atoms with Crippen LogP contribution in [0.1, 0.15) is 38.8 Å². The minimum absolute atomic E-state index is 0.107. The van der Waals surface area contributed by atoms with Gasteiger partial charge in [0.1, 0.15) is 11.5 Å². The summed E-state index contributed by atoms with van der Waals surface area (Å²) in [5, 5.41) is 41.7. The molecular weight excluding hydrogens is 364 g/mol. The maximum Gasteiger partial charge on any atom is 0.205 e. The zero-order chi connectivity index (χ0) is 18.1. The van der Waals surface area contributed by atoms with E-state index in [0.29, 0.717) is 21.3 Å². The first-order valence-electron chi connectivity index (χ1n) is 7.83. The van der Waals surface area contributed by atoms with Gasteiger partial charge in [0.15, 0.2) is 0 Å². The van der Waals surface area contributed by atoms with E-state index in [-0.39, 0.29) is 46.6 Å². The lowest BCUT2D eigenvalue weighted by Crippen LogP contribution is -2.46. The van der Waals surface area contributed by atoms with Crippen molar-refractivity contribution < 1.29 is 30.0 Å². The molecule has 3 aliphatic rings. The molecular formula is C17H16O6S2. The molecule has 8 heteroatoms. The first-order chi connectivity index (χ1) is 11.7. The van der Waals surface area contributed by atoms with E-state index in [1.165, 1.54) is 30.4 Å². The first kappa shape index (κ1) is 17.0.